The van der Waals surface area contributed by atoms with Crippen LogP contribution in [0.15, 0.2) is 18.2 Å². The number of hydrogen-bond donors (Lipinski definition) is 1. The maximum atomic E-state index is 13.3. The maximum Gasteiger partial charge on any atom is 0.221 e. The van der Waals surface area contributed by atoms with E-state index in [1.807, 2.05) is 0 Å². The van der Waals surface area contributed by atoms with Gasteiger partial charge in [-0.05, 0) is 31.0 Å². The first-order valence-electron chi connectivity index (χ1n) is 5.76. The van der Waals surface area contributed by atoms with E-state index in [9.17, 15) is 8.78 Å². The van der Waals surface area contributed by atoms with Crippen molar-refractivity contribution in [2.24, 2.45) is 0 Å². The van der Waals surface area contributed by atoms with E-state index in [0.717, 1.165) is 12.5 Å². The minimum Gasteiger partial charge on any atom is -0.354 e. The monoisotopic (exact) mass is 250 g/mol. The first-order valence-corrected chi connectivity index (χ1v) is 5.76. The normalized spacial score (nSPS) is 18.3. The number of benzene rings is 1. The molecule has 3 rings (SSSR count). The highest BCUT2D eigenvalue weighted by atomic mass is 19.1. The predicted molar refractivity (Wildman–Crippen MR) is 62.4 cm³/mol. The topological polar surface area (TPSA) is 42.7 Å². The van der Waals surface area contributed by atoms with Gasteiger partial charge in [-0.1, -0.05) is 0 Å². The molecule has 0 radical (unpaired) electrons. The Bertz CT molecular complexity index is 574. The Morgan fingerprint density at radius 3 is 2.72 bits per heavy atom. The Morgan fingerprint density at radius 2 is 2.00 bits per heavy atom. The van der Waals surface area contributed by atoms with Crippen LogP contribution in [0.4, 0.5) is 14.7 Å². The molecule has 0 saturated heterocycles. The van der Waals surface area contributed by atoms with Gasteiger partial charge in [0.25, 0.3) is 0 Å². The Kier molecular flexibility index (Phi) is 2.50. The third kappa shape index (κ3) is 1.83. The van der Waals surface area contributed by atoms with Gasteiger partial charge in [-0.15, -0.1) is 0 Å². The zero-order valence-electron chi connectivity index (χ0n) is 9.82. The molecule has 0 spiro atoms. The fourth-order valence-corrected chi connectivity index (χ4v) is 2.29. The number of nitrogens with one attached hydrogen (secondary N) is 1. The molecule has 1 atom stereocenters. The zero-order valence-corrected chi connectivity index (χ0v) is 9.82. The summed E-state index contributed by atoms with van der Waals surface area (Å²) in [6.45, 7) is 2.50. The molecule has 1 unspecified atom stereocenters. The Balaban J connectivity index is 2.07. The highest BCUT2D eigenvalue weighted by Crippen LogP contribution is 2.29. The first kappa shape index (κ1) is 11.1. The highest BCUT2D eigenvalue weighted by molar-refractivity contribution is 5.33. The second-order valence-corrected chi connectivity index (χ2v) is 4.36. The third-order valence-electron chi connectivity index (χ3n) is 3.00. The van der Waals surface area contributed by atoms with Crippen LogP contribution in [0, 0.1) is 18.6 Å². The molecule has 1 aliphatic heterocycles. The fourth-order valence-electron chi connectivity index (χ4n) is 2.29. The summed E-state index contributed by atoms with van der Waals surface area (Å²) < 4.78 is 28.2. The van der Waals surface area contributed by atoms with E-state index in [-0.39, 0.29) is 6.04 Å². The van der Waals surface area contributed by atoms with Crippen molar-refractivity contribution in [1.82, 2.24) is 14.8 Å². The molecule has 1 aromatic carbocycles. The molecule has 94 valence electrons. The Hall–Kier alpha value is -1.98. The van der Waals surface area contributed by atoms with E-state index in [2.05, 4.69) is 15.4 Å². The number of halogens is 2. The van der Waals surface area contributed by atoms with Gasteiger partial charge in [0, 0.05) is 12.6 Å². The number of fused-ring (bicyclic) bond motifs is 1. The summed E-state index contributed by atoms with van der Waals surface area (Å²) in [7, 11) is 0. The lowest BCUT2D eigenvalue weighted by molar-refractivity contribution is 0.471. The van der Waals surface area contributed by atoms with Gasteiger partial charge in [0.2, 0.25) is 5.95 Å². The van der Waals surface area contributed by atoms with Crippen LogP contribution in [0.1, 0.15) is 23.9 Å². The number of aryl methyl sites for hydroxylation is 1. The summed E-state index contributed by atoms with van der Waals surface area (Å²) in [5, 5.41) is 7.38. The molecule has 2 aromatic rings. The molecule has 18 heavy (non-hydrogen) atoms. The largest absolute Gasteiger partial charge is 0.354 e. The van der Waals surface area contributed by atoms with E-state index >= 15 is 0 Å². The van der Waals surface area contributed by atoms with Crippen molar-refractivity contribution in [3.05, 3.63) is 41.2 Å². The Labute approximate surface area is 103 Å². The van der Waals surface area contributed by atoms with Crippen molar-refractivity contribution in [3.8, 4) is 0 Å². The number of anilines is 1. The van der Waals surface area contributed by atoms with E-state index in [1.54, 1.807) is 11.6 Å². The number of hydrogen-bond acceptors (Lipinski definition) is 3. The first-order chi connectivity index (χ1) is 8.63. The number of aromatic nitrogens is 3. The molecule has 6 heteroatoms. The Morgan fingerprint density at radius 1 is 1.28 bits per heavy atom. The molecular weight excluding hydrogens is 238 g/mol. The van der Waals surface area contributed by atoms with Crippen molar-refractivity contribution in [1.29, 1.82) is 0 Å². The molecule has 0 bridgehead atoms. The van der Waals surface area contributed by atoms with Gasteiger partial charge in [0.05, 0.1) is 6.04 Å². The van der Waals surface area contributed by atoms with E-state index in [4.69, 9.17) is 0 Å². The average molecular weight is 250 g/mol. The molecule has 1 N–H and O–H groups in total. The molecule has 1 aliphatic rings. The molecule has 0 aliphatic carbocycles. The number of rotatable bonds is 1. The third-order valence-corrected chi connectivity index (χ3v) is 3.00. The van der Waals surface area contributed by atoms with Crippen molar-refractivity contribution >= 4 is 5.95 Å². The van der Waals surface area contributed by atoms with E-state index < -0.39 is 11.6 Å². The molecule has 2 heterocycles. The van der Waals surface area contributed by atoms with Gasteiger partial charge in [-0.3, -0.25) is 0 Å². The standard InChI is InChI=1S/C12H12F2N4/c1-7-16-12-15-3-2-11(18(12)17-7)8-4-9(13)6-10(14)5-8/h4-6,11H,2-3H2,1H3,(H,15,16,17). The second kappa shape index (κ2) is 4.04. The average Bonchev–Trinajstić information content (AvgIpc) is 2.67. The lowest BCUT2D eigenvalue weighted by Crippen LogP contribution is -2.24. The number of nitrogens with zero attached hydrogens (tertiary/aromatic N) is 3. The van der Waals surface area contributed by atoms with Crippen LogP contribution >= 0.6 is 0 Å². The summed E-state index contributed by atoms with van der Waals surface area (Å²) in [6.07, 6.45) is 0.721. The summed E-state index contributed by atoms with van der Waals surface area (Å²) in [6, 6.07) is 3.39. The lowest BCUT2D eigenvalue weighted by atomic mass is 10.0. The van der Waals surface area contributed by atoms with Crippen molar-refractivity contribution < 1.29 is 8.78 Å². The van der Waals surface area contributed by atoms with Gasteiger partial charge in [-0.25, -0.2) is 13.5 Å². The summed E-state index contributed by atoms with van der Waals surface area (Å²) in [5.41, 5.74) is 0.583. The van der Waals surface area contributed by atoms with Crippen LogP contribution in [0.25, 0.3) is 0 Å². The van der Waals surface area contributed by atoms with Crippen LogP contribution in [0.3, 0.4) is 0 Å². The smallest absolute Gasteiger partial charge is 0.221 e. The maximum absolute atomic E-state index is 13.3. The van der Waals surface area contributed by atoms with Crippen LogP contribution < -0.4 is 5.32 Å². The SMILES string of the molecule is Cc1nc2n(n1)C(c1cc(F)cc(F)c1)CCN2. The quantitative estimate of drug-likeness (QED) is 0.844. The van der Waals surface area contributed by atoms with Crippen molar-refractivity contribution in [3.63, 3.8) is 0 Å². The second-order valence-electron chi connectivity index (χ2n) is 4.36. The minimum absolute atomic E-state index is 0.173. The van der Waals surface area contributed by atoms with Crippen molar-refractivity contribution in [2.75, 3.05) is 11.9 Å². The van der Waals surface area contributed by atoms with Gasteiger partial charge in [0.15, 0.2) is 0 Å². The van der Waals surface area contributed by atoms with Gasteiger partial charge >= 0.3 is 0 Å². The molecule has 0 fully saturated rings. The summed E-state index contributed by atoms with van der Waals surface area (Å²) in [4.78, 5) is 4.23. The van der Waals surface area contributed by atoms with Gasteiger partial charge < -0.3 is 5.32 Å². The predicted octanol–water partition coefficient (Wildman–Crippen LogP) is 2.27. The zero-order chi connectivity index (χ0) is 12.7. The van der Waals surface area contributed by atoms with Gasteiger partial charge in [-0.2, -0.15) is 10.1 Å². The van der Waals surface area contributed by atoms with E-state index in [1.165, 1.54) is 12.1 Å². The molecule has 1 aromatic heterocycles. The van der Waals surface area contributed by atoms with Crippen LogP contribution in [0.5, 0.6) is 0 Å². The fraction of sp³-hybridized carbons (Fsp3) is 0.333. The van der Waals surface area contributed by atoms with Crippen LogP contribution in [0.2, 0.25) is 0 Å². The van der Waals surface area contributed by atoms with E-state index in [0.29, 0.717) is 23.9 Å². The molecule has 0 amide bonds. The van der Waals surface area contributed by atoms with Gasteiger partial charge in [0.1, 0.15) is 17.5 Å². The summed E-state index contributed by atoms with van der Waals surface area (Å²) in [5.74, 6) is 0.151. The lowest BCUT2D eigenvalue weighted by Gasteiger charge is -2.24. The molecule has 4 nitrogen and oxygen atoms in total. The minimum atomic E-state index is -0.568. The van der Waals surface area contributed by atoms with Crippen LogP contribution in [-0.2, 0) is 0 Å². The highest BCUT2D eigenvalue weighted by Gasteiger charge is 2.24. The summed E-state index contributed by atoms with van der Waals surface area (Å²) >= 11 is 0. The molecular formula is C12H12F2N4. The van der Waals surface area contributed by atoms with Crippen LogP contribution in [-0.4, -0.2) is 21.3 Å². The molecule has 0 saturated carbocycles. The van der Waals surface area contributed by atoms with Crippen molar-refractivity contribution in [2.45, 2.75) is 19.4 Å².